The molecule has 1 N–H and O–H groups in total. The van der Waals surface area contributed by atoms with Gasteiger partial charge in [0.1, 0.15) is 5.76 Å². The van der Waals surface area contributed by atoms with E-state index < -0.39 is 5.97 Å². The SMILES string of the molecule is CCNC(c1ccc(C(=O)OC)o1)c1cc(Cl)ccc1I. The fourth-order valence-electron chi connectivity index (χ4n) is 2.02. The van der Waals surface area contributed by atoms with Crippen molar-refractivity contribution in [3.05, 3.63) is 56.0 Å². The van der Waals surface area contributed by atoms with Crippen LogP contribution in [0.3, 0.4) is 0 Å². The molecule has 0 aliphatic carbocycles. The lowest BCUT2D eigenvalue weighted by Gasteiger charge is -2.18. The van der Waals surface area contributed by atoms with Gasteiger partial charge in [-0.1, -0.05) is 18.5 Å². The summed E-state index contributed by atoms with van der Waals surface area (Å²) in [5.41, 5.74) is 1.01. The van der Waals surface area contributed by atoms with Crippen LogP contribution in [0.1, 0.15) is 34.8 Å². The third kappa shape index (κ3) is 3.78. The summed E-state index contributed by atoms with van der Waals surface area (Å²) in [5.74, 6) is 0.349. The number of methoxy groups -OCH3 is 1. The van der Waals surface area contributed by atoms with E-state index in [2.05, 4.69) is 32.6 Å². The quantitative estimate of drug-likeness (QED) is 0.587. The zero-order chi connectivity index (χ0) is 15.4. The van der Waals surface area contributed by atoms with Crippen LogP contribution < -0.4 is 5.32 Å². The molecule has 2 aromatic rings. The molecule has 0 bridgehead atoms. The van der Waals surface area contributed by atoms with Gasteiger partial charge in [-0.3, -0.25) is 0 Å². The number of carbonyl (C=O) groups excluding carboxylic acids is 1. The summed E-state index contributed by atoms with van der Waals surface area (Å²) in [6.45, 7) is 2.76. The standard InChI is InChI=1S/C15H15ClINO3/c1-3-18-14(10-8-9(16)4-5-11(10)17)12-6-7-13(21-12)15(19)20-2/h4-8,14,18H,3H2,1-2H3. The second-order valence-corrected chi connectivity index (χ2v) is 5.95. The zero-order valence-corrected chi connectivity index (χ0v) is 14.6. The molecule has 0 saturated carbocycles. The van der Waals surface area contributed by atoms with Crippen LogP contribution >= 0.6 is 34.2 Å². The molecule has 21 heavy (non-hydrogen) atoms. The third-order valence-electron chi connectivity index (χ3n) is 2.98. The number of halogens is 2. The minimum Gasteiger partial charge on any atom is -0.463 e. The summed E-state index contributed by atoms with van der Waals surface area (Å²) in [6, 6.07) is 8.92. The van der Waals surface area contributed by atoms with E-state index in [1.165, 1.54) is 7.11 Å². The van der Waals surface area contributed by atoms with E-state index >= 15 is 0 Å². The van der Waals surface area contributed by atoms with Gasteiger partial charge in [-0.25, -0.2) is 4.79 Å². The minimum atomic E-state index is -0.489. The number of nitrogens with one attached hydrogen (secondary N) is 1. The average molecular weight is 420 g/mol. The Morgan fingerprint density at radius 1 is 1.43 bits per heavy atom. The predicted octanol–water partition coefficient (Wildman–Crippen LogP) is 4.02. The number of carbonyl (C=O) groups is 1. The number of rotatable bonds is 5. The Balaban J connectivity index is 2.41. The molecular weight excluding hydrogens is 405 g/mol. The summed E-state index contributed by atoms with van der Waals surface area (Å²) in [5, 5.41) is 4.00. The van der Waals surface area contributed by atoms with Crippen LogP contribution in [0.2, 0.25) is 5.02 Å². The normalized spacial score (nSPS) is 12.2. The molecule has 1 unspecified atom stereocenters. The molecule has 0 aliphatic heterocycles. The first kappa shape index (κ1) is 16.3. The molecule has 1 heterocycles. The van der Waals surface area contributed by atoms with E-state index in [0.29, 0.717) is 10.8 Å². The molecule has 112 valence electrons. The van der Waals surface area contributed by atoms with Gasteiger partial charge in [-0.05, 0) is 65.0 Å². The van der Waals surface area contributed by atoms with Gasteiger partial charge in [-0.2, -0.15) is 0 Å². The van der Waals surface area contributed by atoms with Crippen molar-refractivity contribution in [3.63, 3.8) is 0 Å². The number of benzene rings is 1. The van der Waals surface area contributed by atoms with Gasteiger partial charge in [0.2, 0.25) is 5.76 Å². The van der Waals surface area contributed by atoms with E-state index in [4.69, 9.17) is 16.0 Å². The van der Waals surface area contributed by atoms with Crippen molar-refractivity contribution in [2.45, 2.75) is 13.0 Å². The fraction of sp³-hybridized carbons (Fsp3) is 0.267. The topological polar surface area (TPSA) is 51.5 Å². The first-order valence-corrected chi connectivity index (χ1v) is 7.88. The highest BCUT2D eigenvalue weighted by Gasteiger charge is 2.21. The van der Waals surface area contributed by atoms with Crippen molar-refractivity contribution in [3.8, 4) is 0 Å². The van der Waals surface area contributed by atoms with Crippen LogP contribution in [-0.4, -0.2) is 19.6 Å². The van der Waals surface area contributed by atoms with Gasteiger partial charge < -0.3 is 14.5 Å². The highest BCUT2D eigenvalue weighted by Crippen LogP contribution is 2.30. The molecule has 0 radical (unpaired) electrons. The number of esters is 1. The molecule has 4 nitrogen and oxygen atoms in total. The number of hydrogen-bond acceptors (Lipinski definition) is 4. The maximum atomic E-state index is 11.5. The maximum Gasteiger partial charge on any atom is 0.373 e. The smallest absolute Gasteiger partial charge is 0.373 e. The Bertz CT molecular complexity index is 642. The second kappa shape index (κ2) is 7.29. The van der Waals surface area contributed by atoms with Gasteiger partial charge >= 0.3 is 5.97 Å². The number of furan rings is 1. The molecule has 2 rings (SSSR count). The van der Waals surface area contributed by atoms with Crippen LogP contribution in [0, 0.1) is 3.57 Å². The molecule has 6 heteroatoms. The monoisotopic (exact) mass is 419 g/mol. The van der Waals surface area contributed by atoms with Crippen LogP contribution in [0.5, 0.6) is 0 Å². The Hall–Kier alpha value is -1.05. The van der Waals surface area contributed by atoms with E-state index in [9.17, 15) is 4.79 Å². The average Bonchev–Trinajstić information content (AvgIpc) is 2.96. The van der Waals surface area contributed by atoms with Crippen LogP contribution in [0.25, 0.3) is 0 Å². The lowest BCUT2D eigenvalue weighted by molar-refractivity contribution is 0.0562. The van der Waals surface area contributed by atoms with Crippen LogP contribution in [-0.2, 0) is 4.74 Å². The first-order valence-electron chi connectivity index (χ1n) is 6.43. The first-order chi connectivity index (χ1) is 10.1. The molecule has 0 fully saturated rings. The van der Waals surface area contributed by atoms with Crippen molar-refractivity contribution in [2.75, 3.05) is 13.7 Å². The lowest BCUT2D eigenvalue weighted by Crippen LogP contribution is -2.22. The minimum absolute atomic E-state index is 0.168. The maximum absolute atomic E-state index is 11.5. The summed E-state index contributed by atoms with van der Waals surface area (Å²) in [6.07, 6.45) is 0. The van der Waals surface area contributed by atoms with Gasteiger partial charge in [0, 0.05) is 8.59 Å². The Kier molecular flexibility index (Phi) is 5.66. The molecule has 1 aromatic heterocycles. The van der Waals surface area contributed by atoms with E-state index in [1.54, 1.807) is 12.1 Å². The molecule has 0 saturated heterocycles. The van der Waals surface area contributed by atoms with Crippen molar-refractivity contribution in [1.29, 1.82) is 0 Å². The van der Waals surface area contributed by atoms with Crippen molar-refractivity contribution >= 4 is 40.2 Å². The van der Waals surface area contributed by atoms with E-state index in [1.807, 2.05) is 25.1 Å². The second-order valence-electron chi connectivity index (χ2n) is 4.35. The summed E-state index contributed by atoms with van der Waals surface area (Å²) < 4.78 is 11.3. The van der Waals surface area contributed by atoms with Crippen LogP contribution in [0.4, 0.5) is 0 Å². The van der Waals surface area contributed by atoms with Crippen molar-refractivity contribution < 1.29 is 13.9 Å². The summed E-state index contributed by atoms with van der Waals surface area (Å²) in [4.78, 5) is 11.5. The Labute approximate surface area is 141 Å². The molecule has 1 aromatic carbocycles. The largest absolute Gasteiger partial charge is 0.463 e. The van der Waals surface area contributed by atoms with Crippen LogP contribution in [0.15, 0.2) is 34.7 Å². The molecule has 0 aliphatic rings. The third-order valence-corrected chi connectivity index (χ3v) is 4.19. The molecular formula is C15H15ClINO3. The van der Waals surface area contributed by atoms with Gasteiger partial charge in [0.15, 0.2) is 0 Å². The molecule has 0 spiro atoms. The van der Waals surface area contributed by atoms with Crippen molar-refractivity contribution in [1.82, 2.24) is 5.32 Å². The molecule has 1 atom stereocenters. The summed E-state index contributed by atoms with van der Waals surface area (Å²) in [7, 11) is 1.33. The number of ether oxygens (including phenoxy) is 1. The van der Waals surface area contributed by atoms with Gasteiger partial charge in [0.05, 0.1) is 13.2 Å². The van der Waals surface area contributed by atoms with Crippen molar-refractivity contribution in [2.24, 2.45) is 0 Å². The highest BCUT2D eigenvalue weighted by molar-refractivity contribution is 14.1. The van der Waals surface area contributed by atoms with Gasteiger partial charge in [0.25, 0.3) is 0 Å². The zero-order valence-electron chi connectivity index (χ0n) is 11.7. The summed E-state index contributed by atoms with van der Waals surface area (Å²) >= 11 is 8.35. The predicted molar refractivity (Wildman–Crippen MR) is 89.7 cm³/mol. The molecule has 0 amide bonds. The van der Waals surface area contributed by atoms with E-state index in [0.717, 1.165) is 15.7 Å². The fourth-order valence-corrected chi connectivity index (χ4v) is 2.85. The Morgan fingerprint density at radius 3 is 2.86 bits per heavy atom. The lowest BCUT2D eigenvalue weighted by atomic mass is 10.0. The highest BCUT2D eigenvalue weighted by atomic mass is 127. The number of hydrogen-bond donors (Lipinski definition) is 1. The Morgan fingerprint density at radius 2 is 2.19 bits per heavy atom. The van der Waals surface area contributed by atoms with Gasteiger partial charge in [-0.15, -0.1) is 0 Å². The van der Waals surface area contributed by atoms with E-state index in [-0.39, 0.29) is 11.8 Å².